The molecule has 3 N–H and O–H groups in total. The summed E-state index contributed by atoms with van der Waals surface area (Å²) in [6, 6.07) is 4.52. The van der Waals surface area contributed by atoms with Crippen molar-refractivity contribution in [3.05, 3.63) is 29.3 Å². The summed E-state index contributed by atoms with van der Waals surface area (Å²) in [6.45, 7) is 2.71. The number of anilines is 1. The maximum atomic E-state index is 11.6. The first-order chi connectivity index (χ1) is 9.06. The Labute approximate surface area is 111 Å². The molecule has 0 saturated carbocycles. The Hall–Kier alpha value is -2.08. The normalized spacial score (nSPS) is 10.0. The zero-order valence-corrected chi connectivity index (χ0v) is 11.0. The minimum Gasteiger partial charge on any atom is -0.478 e. The molecule has 0 spiro atoms. The molecule has 0 fully saturated rings. The van der Waals surface area contributed by atoms with E-state index in [-0.39, 0.29) is 11.3 Å². The number of urea groups is 1. The van der Waals surface area contributed by atoms with Crippen LogP contribution < -0.4 is 10.6 Å². The van der Waals surface area contributed by atoms with Crippen LogP contribution in [0.15, 0.2) is 18.2 Å². The van der Waals surface area contributed by atoms with Crippen LogP contribution in [0.1, 0.15) is 22.3 Å². The minimum absolute atomic E-state index is 0.106. The summed E-state index contributed by atoms with van der Waals surface area (Å²) in [6.07, 6.45) is 0.698. The first-order valence-corrected chi connectivity index (χ1v) is 5.93. The van der Waals surface area contributed by atoms with Gasteiger partial charge in [0.2, 0.25) is 0 Å². The third-order valence-electron chi connectivity index (χ3n) is 2.55. The van der Waals surface area contributed by atoms with E-state index in [1.807, 2.05) is 0 Å². The Morgan fingerprint density at radius 3 is 2.74 bits per heavy atom. The first-order valence-electron chi connectivity index (χ1n) is 5.93. The number of benzene rings is 1. The van der Waals surface area contributed by atoms with Crippen LogP contribution in [0.4, 0.5) is 10.5 Å². The van der Waals surface area contributed by atoms with E-state index in [2.05, 4.69) is 10.6 Å². The number of nitrogens with one attached hydrogen (secondary N) is 2. The molecular formula is C13H18N2O4. The maximum Gasteiger partial charge on any atom is 0.338 e. The molecule has 0 atom stereocenters. The topological polar surface area (TPSA) is 87.7 Å². The van der Waals surface area contributed by atoms with Crippen molar-refractivity contribution in [1.82, 2.24) is 5.32 Å². The monoisotopic (exact) mass is 266 g/mol. The molecule has 1 rings (SSSR count). The molecule has 19 heavy (non-hydrogen) atoms. The van der Waals surface area contributed by atoms with Crippen molar-refractivity contribution >= 4 is 17.7 Å². The summed E-state index contributed by atoms with van der Waals surface area (Å²) in [4.78, 5) is 22.7. The van der Waals surface area contributed by atoms with E-state index in [1.165, 1.54) is 0 Å². The highest BCUT2D eigenvalue weighted by Gasteiger charge is 2.14. The predicted molar refractivity (Wildman–Crippen MR) is 71.7 cm³/mol. The van der Waals surface area contributed by atoms with Crippen molar-refractivity contribution in [3.63, 3.8) is 0 Å². The molecule has 0 saturated heterocycles. The highest BCUT2D eigenvalue weighted by Crippen LogP contribution is 2.19. The van der Waals surface area contributed by atoms with E-state index in [0.29, 0.717) is 25.1 Å². The summed E-state index contributed by atoms with van der Waals surface area (Å²) in [5.41, 5.74) is 0.996. The van der Waals surface area contributed by atoms with Crippen LogP contribution in [0.5, 0.6) is 0 Å². The number of methoxy groups -OCH3 is 1. The van der Waals surface area contributed by atoms with Gasteiger partial charge in [-0.1, -0.05) is 12.1 Å². The maximum absolute atomic E-state index is 11.6. The summed E-state index contributed by atoms with van der Waals surface area (Å²) in [5.74, 6) is -1.06. The zero-order chi connectivity index (χ0) is 14.3. The van der Waals surface area contributed by atoms with Crippen LogP contribution >= 0.6 is 0 Å². The minimum atomic E-state index is -1.06. The molecule has 0 unspecified atom stereocenters. The average Bonchev–Trinajstić information content (AvgIpc) is 2.34. The van der Waals surface area contributed by atoms with Crippen LogP contribution in [-0.2, 0) is 4.74 Å². The van der Waals surface area contributed by atoms with E-state index in [1.54, 1.807) is 32.2 Å². The number of amides is 2. The van der Waals surface area contributed by atoms with Gasteiger partial charge in [-0.05, 0) is 25.0 Å². The van der Waals surface area contributed by atoms with Crippen molar-refractivity contribution in [2.45, 2.75) is 13.3 Å². The van der Waals surface area contributed by atoms with E-state index in [0.717, 1.165) is 0 Å². The van der Waals surface area contributed by atoms with Gasteiger partial charge in [-0.2, -0.15) is 0 Å². The molecule has 104 valence electrons. The molecular weight excluding hydrogens is 248 g/mol. The highest BCUT2D eigenvalue weighted by molar-refractivity contribution is 6.01. The molecule has 0 aliphatic heterocycles. The fraction of sp³-hybridized carbons (Fsp3) is 0.385. The largest absolute Gasteiger partial charge is 0.478 e. The van der Waals surface area contributed by atoms with Crippen LogP contribution in [0.25, 0.3) is 0 Å². The fourth-order valence-corrected chi connectivity index (χ4v) is 1.64. The summed E-state index contributed by atoms with van der Waals surface area (Å²) < 4.78 is 4.86. The summed E-state index contributed by atoms with van der Waals surface area (Å²) in [7, 11) is 1.59. The Bertz CT molecular complexity index is 460. The van der Waals surface area contributed by atoms with Gasteiger partial charge in [-0.25, -0.2) is 9.59 Å². The zero-order valence-electron chi connectivity index (χ0n) is 11.0. The molecule has 2 amide bonds. The number of aromatic carboxylic acids is 1. The molecule has 1 aromatic rings. The molecule has 0 heterocycles. The number of carboxylic acid groups (broad SMARTS) is 1. The standard InChI is InChI=1S/C13H18N2O4/c1-9-5-3-6-10(11(9)12(16)17)15-13(18)14-7-4-8-19-2/h3,5-6H,4,7-8H2,1-2H3,(H,16,17)(H2,14,15,18). The van der Waals surface area contributed by atoms with E-state index in [4.69, 9.17) is 9.84 Å². The van der Waals surface area contributed by atoms with Crippen molar-refractivity contribution < 1.29 is 19.4 Å². The molecule has 0 aliphatic carbocycles. The van der Waals surface area contributed by atoms with Gasteiger partial charge >= 0.3 is 12.0 Å². The Kier molecular flexibility index (Phi) is 5.81. The van der Waals surface area contributed by atoms with Gasteiger partial charge in [0.25, 0.3) is 0 Å². The van der Waals surface area contributed by atoms with E-state index >= 15 is 0 Å². The number of carbonyl (C=O) groups excluding carboxylic acids is 1. The highest BCUT2D eigenvalue weighted by atomic mass is 16.5. The van der Waals surface area contributed by atoms with Crippen LogP contribution in [0, 0.1) is 6.92 Å². The van der Waals surface area contributed by atoms with Gasteiger partial charge in [0, 0.05) is 20.3 Å². The summed E-state index contributed by atoms with van der Waals surface area (Å²) >= 11 is 0. The molecule has 1 aromatic carbocycles. The number of hydrogen-bond donors (Lipinski definition) is 3. The molecule has 0 aromatic heterocycles. The molecule has 0 aliphatic rings. The fourth-order valence-electron chi connectivity index (χ4n) is 1.64. The third kappa shape index (κ3) is 4.59. The lowest BCUT2D eigenvalue weighted by Crippen LogP contribution is -2.30. The number of ether oxygens (including phenoxy) is 1. The number of aryl methyl sites for hydroxylation is 1. The second kappa shape index (κ2) is 7.38. The van der Waals surface area contributed by atoms with Gasteiger partial charge in [0.1, 0.15) is 0 Å². The smallest absolute Gasteiger partial charge is 0.338 e. The Balaban J connectivity index is 2.64. The average molecular weight is 266 g/mol. The van der Waals surface area contributed by atoms with Crippen molar-refractivity contribution in [1.29, 1.82) is 0 Å². The lowest BCUT2D eigenvalue weighted by atomic mass is 10.1. The number of carbonyl (C=O) groups is 2. The number of rotatable bonds is 6. The molecule has 0 bridgehead atoms. The quantitative estimate of drug-likeness (QED) is 0.686. The van der Waals surface area contributed by atoms with Gasteiger partial charge in [-0.3, -0.25) is 0 Å². The van der Waals surface area contributed by atoms with Crippen LogP contribution in [0.2, 0.25) is 0 Å². The van der Waals surface area contributed by atoms with Gasteiger partial charge in [-0.15, -0.1) is 0 Å². The SMILES string of the molecule is COCCCNC(=O)Nc1cccc(C)c1C(=O)O. The van der Waals surface area contributed by atoms with Gasteiger partial charge in [0.15, 0.2) is 0 Å². The third-order valence-corrected chi connectivity index (χ3v) is 2.55. The lowest BCUT2D eigenvalue weighted by Gasteiger charge is -2.11. The van der Waals surface area contributed by atoms with Crippen LogP contribution in [-0.4, -0.2) is 37.4 Å². The lowest BCUT2D eigenvalue weighted by molar-refractivity contribution is 0.0697. The number of hydrogen-bond acceptors (Lipinski definition) is 3. The molecule has 6 nitrogen and oxygen atoms in total. The first kappa shape index (κ1) is 15.0. The van der Waals surface area contributed by atoms with Gasteiger partial charge < -0.3 is 20.5 Å². The predicted octanol–water partition coefficient (Wildman–Crippen LogP) is 1.85. The van der Waals surface area contributed by atoms with Crippen molar-refractivity contribution in [3.8, 4) is 0 Å². The van der Waals surface area contributed by atoms with E-state index < -0.39 is 12.0 Å². The Morgan fingerprint density at radius 1 is 1.37 bits per heavy atom. The van der Waals surface area contributed by atoms with E-state index in [9.17, 15) is 9.59 Å². The summed E-state index contributed by atoms with van der Waals surface area (Å²) in [5, 5.41) is 14.3. The second-order valence-electron chi connectivity index (χ2n) is 4.03. The Morgan fingerprint density at radius 2 is 2.11 bits per heavy atom. The van der Waals surface area contributed by atoms with Crippen LogP contribution in [0.3, 0.4) is 0 Å². The van der Waals surface area contributed by atoms with Crippen molar-refractivity contribution in [2.24, 2.45) is 0 Å². The van der Waals surface area contributed by atoms with Gasteiger partial charge in [0.05, 0.1) is 11.3 Å². The molecule has 6 heteroatoms. The van der Waals surface area contributed by atoms with Crippen molar-refractivity contribution in [2.75, 3.05) is 25.6 Å². The molecule has 0 radical (unpaired) electrons. The second-order valence-corrected chi connectivity index (χ2v) is 4.03. The number of carboxylic acids is 1.